The molecule has 0 spiro atoms. The largest absolute Gasteiger partial charge is 0.395 e. The molecule has 5 heteroatoms. The molecule has 0 unspecified atom stereocenters. The van der Waals surface area contributed by atoms with Crippen molar-refractivity contribution in [1.29, 1.82) is 0 Å². The minimum Gasteiger partial charge on any atom is -0.395 e. The Balaban J connectivity index is 2.42. The van der Waals surface area contributed by atoms with Crippen LogP contribution in [0.25, 0.3) is 0 Å². The van der Waals surface area contributed by atoms with E-state index in [9.17, 15) is 19.0 Å². The lowest BCUT2D eigenvalue weighted by atomic mass is 9.77. The molecule has 0 radical (unpaired) electrons. The summed E-state index contributed by atoms with van der Waals surface area (Å²) >= 11 is 3.21. The van der Waals surface area contributed by atoms with Crippen molar-refractivity contribution < 1.29 is 19.0 Å². The minimum absolute atomic E-state index is 0.194. The highest BCUT2D eigenvalue weighted by Crippen LogP contribution is 2.30. The molecule has 112 valence electrons. The van der Waals surface area contributed by atoms with Crippen molar-refractivity contribution in [2.75, 3.05) is 13.2 Å². The number of benzene rings is 2. The average molecular weight is 357 g/mol. The summed E-state index contributed by atoms with van der Waals surface area (Å²) < 4.78 is 27.4. The van der Waals surface area contributed by atoms with E-state index in [1.54, 1.807) is 12.1 Å². The maximum atomic E-state index is 13.5. The van der Waals surface area contributed by atoms with E-state index in [0.717, 1.165) is 0 Å². The normalized spacial score (nSPS) is 11.7. The zero-order valence-corrected chi connectivity index (χ0v) is 12.8. The third-order valence-electron chi connectivity index (χ3n) is 3.51. The van der Waals surface area contributed by atoms with Crippen LogP contribution in [-0.4, -0.2) is 23.4 Å². The second-order valence-corrected chi connectivity index (χ2v) is 5.98. The van der Waals surface area contributed by atoms with Crippen LogP contribution in [0.4, 0.5) is 8.78 Å². The molecule has 2 N–H and O–H groups in total. The maximum absolute atomic E-state index is 13.5. The van der Waals surface area contributed by atoms with Crippen molar-refractivity contribution in [2.45, 2.75) is 11.8 Å². The van der Waals surface area contributed by atoms with Gasteiger partial charge in [-0.05, 0) is 47.9 Å². The summed E-state index contributed by atoms with van der Waals surface area (Å²) in [5.74, 6) is -0.859. The first-order valence-electron chi connectivity index (χ1n) is 6.42. The van der Waals surface area contributed by atoms with Crippen LogP contribution in [0.1, 0.15) is 11.1 Å². The van der Waals surface area contributed by atoms with Gasteiger partial charge in [-0.2, -0.15) is 0 Å². The first kappa shape index (κ1) is 16.1. The zero-order chi connectivity index (χ0) is 15.5. The zero-order valence-electron chi connectivity index (χ0n) is 11.2. The summed E-state index contributed by atoms with van der Waals surface area (Å²) in [5.41, 5.74) is 0.0251. The van der Waals surface area contributed by atoms with Gasteiger partial charge in [0.1, 0.15) is 11.6 Å². The fourth-order valence-corrected chi connectivity index (χ4v) is 2.88. The van der Waals surface area contributed by atoms with Crippen molar-refractivity contribution in [1.82, 2.24) is 0 Å². The summed E-state index contributed by atoms with van der Waals surface area (Å²) in [6.07, 6.45) is 0.194. The van der Waals surface area contributed by atoms with Crippen molar-refractivity contribution in [3.05, 3.63) is 69.7 Å². The van der Waals surface area contributed by atoms with Crippen LogP contribution in [0.2, 0.25) is 0 Å². The fraction of sp³-hybridized carbons (Fsp3) is 0.250. The lowest BCUT2D eigenvalue weighted by Crippen LogP contribution is -2.37. The number of hydrogen-bond acceptors (Lipinski definition) is 2. The molecule has 0 heterocycles. The Bertz CT molecular complexity index is 607. The van der Waals surface area contributed by atoms with Crippen molar-refractivity contribution in [3.8, 4) is 0 Å². The Morgan fingerprint density at radius 1 is 0.952 bits per heavy atom. The van der Waals surface area contributed by atoms with Gasteiger partial charge < -0.3 is 10.2 Å². The van der Waals surface area contributed by atoms with E-state index in [0.29, 0.717) is 15.6 Å². The number of halogens is 3. The molecule has 0 aromatic heterocycles. The molecule has 2 nitrogen and oxygen atoms in total. The number of aliphatic hydroxyl groups excluding tert-OH is 2. The van der Waals surface area contributed by atoms with Crippen LogP contribution in [0.5, 0.6) is 0 Å². The molecule has 2 rings (SSSR count). The third kappa shape index (κ3) is 3.67. The van der Waals surface area contributed by atoms with Crippen LogP contribution in [0.3, 0.4) is 0 Å². The lowest BCUT2D eigenvalue weighted by molar-refractivity contribution is 0.116. The number of hydrogen-bond donors (Lipinski definition) is 2. The smallest absolute Gasteiger partial charge is 0.124 e. The van der Waals surface area contributed by atoms with Crippen molar-refractivity contribution in [2.24, 2.45) is 0 Å². The summed E-state index contributed by atoms with van der Waals surface area (Å²) in [6.45, 7) is -0.748. The van der Waals surface area contributed by atoms with Crippen LogP contribution >= 0.6 is 15.9 Å². The van der Waals surface area contributed by atoms with E-state index in [-0.39, 0.29) is 19.6 Å². The molecule has 0 saturated heterocycles. The second kappa shape index (κ2) is 6.64. The van der Waals surface area contributed by atoms with Gasteiger partial charge in [-0.15, -0.1) is 0 Å². The molecule has 0 aliphatic heterocycles. The summed E-state index contributed by atoms with van der Waals surface area (Å²) in [5, 5.41) is 19.5. The van der Waals surface area contributed by atoms with Crippen LogP contribution in [0, 0.1) is 11.6 Å². The number of rotatable bonds is 5. The Labute approximate surface area is 130 Å². The maximum Gasteiger partial charge on any atom is 0.124 e. The molecular formula is C16H15BrF2O2. The van der Waals surface area contributed by atoms with E-state index in [1.807, 2.05) is 0 Å². The molecule has 0 aliphatic rings. The second-order valence-electron chi connectivity index (χ2n) is 5.06. The van der Waals surface area contributed by atoms with Crippen molar-refractivity contribution >= 4 is 15.9 Å². The Hall–Kier alpha value is -1.30. The van der Waals surface area contributed by atoms with Gasteiger partial charge in [-0.25, -0.2) is 8.78 Å². The topological polar surface area (TPSA) is 40.5 Å². The summed E-state index contributed by atoms with van der Waals surface area (Å²) in [7, 11) is 0. The predicted octanol–water partition coefficient (Wildman–Crippen LogP) is 3.19. The van der Waals surface area contributed by atoms with Gasteiger partial charge in [-0.1, -0.05) is 28.1 Å². The molecule has 2 aromatic rings. The quantitative estimate of drug-likeness (QED) is 0.863. The molecule has 0 aliphatic carbocycles. The van der Waals surface area contributed by atoms with E-state index in [1.165, 1.54) is 30.3 Å². The fourth-order valence-electron chi connectivity index (χ4n) is 2.37. The summed E-state index contributed by atoms with van der Waals surface area (Å²) in [6, 6.07) is 10.1. The first-order valence-corrected chi connectivity index (χ1v) is 7.21. The van der Waals surface area contributed by atoms with Gasteiger partial charge in [0, 0.05) is 9.89 Å². The van der Waals surface area contributed by atoms with Gasteiger partial charge in [0.2, 0.25) is 0 Å². The predicted molar refractivity (Wildman–Crippen MR) is 80.1 cm³/mol. The van der Waals surface area contributed by atoms with Crippen LogP contribution < -0.4 is 0 Å². The highest BCUT2D eigenvalue weighted by Gasteiger charge is 2.32. The summed E-state index contributed by atoms with van der Waals surface area (Å²) in [4.78, 5) is 0. The third-order valence-corrected chi connectivity index (χ3v) is 3.97. The molecular weight excluding hydrogens is 342 g/mol. The van der Waals surface area contributed by atoms with E-state index in [2.05, 4.69) is 15.9 Å². The van der Waals surface area contributed by atoms with Crippen molar-refractivity contribution in [3.63, 3.8) is 0 Å². The van der Waals surface area contributed by atoms with Gasteiger partial charge in [0.05, 0.1) is 13.2 Å². The Morgan fingerprint density at radius 2 is 1.67 bits per heavy atom. The first-order chi connectivity index (χ1) is 9.99. The highest BCUT2D eigenvalue weighted by molar-refractivity contribution is 9.10. The SMILES string of the molecule is OCC(CO)(Cc1cc(F)cc(Br)c1)c1cccc(F)c1. The van der Waals surface area contributed by atoms with Gasteiger partial charge in [0.15, 0.2) is 0 Å². The molecule has 0 bridgehead atoms. The van der Waals surface area contributed by atoms with Crippen LogP contribution in [-0.2, 0) is 11.8 Å². The van der Waals surface area contributed by atoms with Gasteiger partial charge in [0.25, 0.3) is 0 Å². The minimum atomic E-state index is -1.06. The highest BCUT2D eigenvalue weighted by atomic mass is 79.9. The molecule has 2 aromatic carbocycles. The average Bonchev–Trinajstić information content (AvgIpc) is 2.44. The van der Waals surface area contributed by atoms with E-state index < -0.39 is 17.0 Å². The lowest BCUT2D eigenvalue weighted by Gasteiger charge is -2.30. The van der Waals surface area contributed by atoms with Crippen LogP contribution in [0.15, 0.2) is 46.9 Å². The van der Waals surface area contributed by atoms with Gasteiger partial charge >= 0.3 is 0 Å². The molecule has 0 atom stereocenters. The molecule has 0 saturated carbocycles. The van der Waals surface area contributed by atoms with E-state index in [4.69, 9.17) is 0 Å². The Kier molecular flexibility index (Phi) is 5.08. The molecule has 0 fully saturated rings. The number of aliphatic hydroxyl groups is 2. The molecule has 0 amide bonds. The van der Waals surface area contributed by atoms with Gasteiger partial charge in [-0.3, -0.25) is 0 Å². The van der Waals surface area contributed by atoms with E-state index >= 15 is 0 Å². The Morgan fingerprint density at radius 3 is 2.24 bits per heavy atom. The molecule has 21 heavy (non-hydrogen) atoms. The monoisotopic (exact) mass is 356 g/mol. The standard InChI is InChI=1S/C16H15BrF2O2/c17-13-4-11(5-15(19)7-13)8-16(9-20,10-21)12-2-1-3-14(18)6-12/h1-7,20-21H,8-10H2.